The Labute approximate surface area is 98.9 Å². The van der Waals surface area contributed by atoms with Gasteiger partial charge in [0.2, 0.25) is 11.8 Å². The highest BCUT2D eigenvalue weighted by atomic mass is 16.5. The number of nitrogen functional groups attached to an aromatic ring is 1. The Morgan fingerprint density at radius 3 is 2.82 bits per heavy atom. The van der Waals surface area contributed by atoms with Crippen LogP contribution in [0.5, 0.6) is 5.88 Å². The molecule has 3 N–H and O–H groups in total. The van der Waals surface area contributed by atoms with Gasteiger partial charge in [-0.15, -0.1) is 0 Å². The predicted octanol–water partition coefficient (Wildman–Crippen LogP) is 1.60. The van der Waals surface area contributed by atoms with Crippen LogP contribution in [0.4, 0.5) is 17.5 Å². The number of nitrogens with two attached hydrogens (primary N) is 1. The zero-order chi connectivity index (χ0) is 12.1. The third kappa shape index (κ3) is 3.04. The van der Waals surface area contributed by atoms with Crippen molar-refractivity contribution in [1.29, 1.82) is 0 Å². The van der Waals surface area contributed by atoms with Gasteiger partial charge in [-0.1, -0.05) is 0 Å². The first-order valence-electron chi connectivity index (χ1n) is 5.22. The molecule has 0 aliphatic rings. The van der Waals surface area contributed by atoms with Crippen molar-refractivity contribution in [3.63, 3.8) is 0 Å². The molecule has 0 bridgehead atoms. The quantitative estimate of drug-likeness (QED) is 0.831. The number of aromatic nitrogens is 3. The summed E-state index contributed by atoms with van der Waals surface area (Å²) >= 11 is 0. The minimum atomic E-state index is 0.418. The Balaban J connectivity index is 2.08. The summed E-state index contributed by atoms with van der Waals surface area (Å²) < 4.78 is 5.24. The minimum Gasteiger partial charge on any atom is -0.478 e. The summed E-state index contributed by atoms with van der Waals surface area (Å²) in [5, 5.41) is 2.99. The summed E-state index contributed by atoms with van der Waals surface area (Å²) in [6.45, 7) is 2.51. The first kappa shape index (κ1) is 11.1. The van der Waals surface area contributed by atoms with Crippen molar-refractivity contribution in [2.45, 2.75) is 6.92 Å². The van der Waals surface area contributed by atoms with Crippen molar-refractivity contribution >= 4 is 17.5 Å². The highest BCUT2D eigenvalue weighted by Crippen LogP contribution is 2.15. The maximum absolute atomic E-state index is 5.55. The topological polar surface area (TPSA) is 86.0 Å². The van der Waals surface area contributed by atoms with Crippen LogP contribution < -0.4 is 15.8 Å². The van der Waals surface area contributed by atoms with E-state index in [9.17, 15) is 0 Å². The van der Waals surface area contributed by atoms with E-state index < -0.39 is 0 Å². The zero-order valence-corrected chi connectivity index (χ0v) is 9.42. The van der Waals surface area contributed by atoms with Gasteiger partial charge in [0, 0.05) is 12.3 Å². The van der Waals surface area contributed by atoms with Crippen LogP contribution in [0, 0.1) is 0 Å². The molecule has 0 fully saturated rings. The van der Waals surface area contributed by atoms with Gasteiger partial charge in [0.15, 0.2) is 0 Å². The number of pyridine rings is 1. The van der Waals surface area contributed by atoms with Crippen LogP contribution in [0.25, 0.3) is 0 Å². The monoisotopic (exact) mass is 231 g/mol. The maximum atomic E-state index is 5.55. The van der Waals surface area contributed by atoms with Gasteiger partial charge in [0.05, 0.1) is 18.5 Å². The third-order valence-electron chi connectivity index (χ3n) is 1.96. The normalized spacial score (nSPS) is 9.94. The molecule has 0 aromatic carbocycles. The molecule has 6 heteroatoms. The SMILES string of the molecule is CCOc1ccc(Nc2nccc(N)n2)cn1. The van der Waals surface area contributed by atoms with Crippen molar-refractivity contribution < 1.29 is 4.74 Å². The van der Waals surface area contributed by atoms with Crippen LogP contribution in [0.1, 0.15) is 6.92 Å². The molecule has 0 saturated carbocycles. The predicted molar refractivity (Wildman–Crippen MR) is 65.1 cm³/mol. The van der Waals surface area contributed by atoms with Crippen molar-refractivity contribution in [2.75, 3.05) is 17.7 Å². The Kier molecular flexibility index (Phi) is 3.34. The third-order valence-corrected chi connectivity index (χ3v) is 1.96. The van der Waals surface area contributed by atoms with Gasteiger partial charge in [-0.2, -0.15) is 4.98 Å². The number of ether oxygens (including phenoxy) is 1. The van der Waals surface area contributed by atoms with E-state index in [0.29, 0.717) is 24.3 Å². The van der Waals surface area contributed by atoms with Gasteiger partial charge in [-0.25, -0.2) is 9.97 Å². The molecule has 0 amide bonds. The van der Waals surface area contributed by atoms with E-state index in [4.69, 9.17) is 10.5 Å². The van der Waals surface area contributed by atoms with E-state index in [1.165, 1.54) is 0 Å². The van der Waals surface area contributed by atoms with Crippen LogP contribution in [0.2, 0.25) is 0 Å². The van der Waals surface area contributed by atoms with Crippen molar-refractivity contribution in [3.8, 4) is 5.88 Å². The number of nitrogens with zero attached hydrogens (tertiary/aromatic N) is 3. The molecule has 0 spiro atoms. The van der Waals surface area contributed by atoms with E-state index in [0.717, 1.165) is 5.69 Å². The molecule has 0 radical (unpaired) electrons. The van der Waals surface area contributed by atoms with Gasteiger partial charge >= 0.3 is 0 Å². The first-order valence-corrected chi connectivity index (χ1v) is 5.22. The first-order chi connectivity index (χ1) is 8.28. The summed E-state index contributed by atoms with van der Waals surface area (Å²) in [5.74, 6) is 1.45. The zero-order valence-electron chi connectivity index (χ0n) is 9.42. The van der Waals surface area contributed by atoms with Crippen LogP contribution in [-0.2, 0) is 0 Å². The molecule has 2 aromatic rings. The molecule has 0 aliphatic heterocycles. The van der Waals surface area contributed by atoms with E-state index >= 15 is 0 Å². The van der Waals surface area contributed by atoms with Crippen molar-refractivity contribution in [3.05, 3.63) is 30.6 Å². The minimum absolute atomic E-state index is 0.418. The maximum Gasteiger partial charge on any atom is 0.229 e. The number of anilines is 3. The van der Waals surface area contributed by atoms with Gasteiger partial charge in [-0.3, -0.25) is 0 Å². The summed E-state index contributed by atoms with van der Waals surface area (Å²) in [7, 11) is 0. The standard InChI is InChI=1S/C11H13N5O/c1-2-17-10-4-3-8(7-14-10)15-11-13-6-5-9(12)16-11/h3-7H,2H2,1H3,(H3,12,13,15,16). The van der Waals surface area contributed by atoms with Crippen LogP contribution in [0.3, 0.4) is 0 Å². The lowest BCUT2D eigenvalue weighted by Gasteiger charge is -2.05. The molecule has 0 saturated heterocycles. The molecule has 0 aliphatic carbocycles. The van der Waals surface area contributed by atoms with Crippen LogP contribution in [0.15, 0.2) is 30.6 Å². The average molecular weight is 231 g/mol. The molecule has 88 valence electrons. The van der Waals surface area contributed by atoms with Gasteiger partial charge in [-0.05, 0) is 19.1 Å². The van der Waals surface area contributed by atoms with Crippen LogP contribution in [-0.4, -0.2) is 21.6 Å². The fourth-order valence-corrected chi connectivity index (χ4v) is 1.25. The summed E-state index contributed by atoms with van der Waals surface area (Å²) in [6.07, 6.45) is 3.24. The molecule has 2 rings (SSSR count). The van der Waals surface area contributed by atoms with Gasteiger partial charge < -0.3 is 15.8 Å². The lowest BCUT2D eigenvalue weighted by Crippen LogP contribution is -2.00. The Hall–Kier alpha value is -2.37. The van der Waals surface area contributed by atoms with E-state index in [1.54, 1.807) is 24.5 Å². The van der Waals surface area contributed by atoms with Crippen molar-refractivity contribution in [1.82, 2.24) is 15.0 Å². The molecule has 6 nitrogen and oxygen atoms in total. The average Bonchev–Trinajstić information content (AvgIpc) is 2.32. The van der Waals surface area contributed by atoms with E-state index in [2.05, 4.69) is 20.3 Å². The number of hydrogen-bond donors (Lipinski definition) is 2. The highest BCUT2D eigenvalue weighted by molar-refractivity contribution is 5.53. The lowest BCUT2D eigenvalue weighted by molar-refractivity contribution is 0.327. The fourth-order valence-electron chi connectivity index (χ4n) is 1.25. The number of nitrogens with one attached hydrogen (secondary N) is 1. The Bertz CT molecular complexity index is 485. The Morgan fingerprint density at radius 2 is 2.18 bits per heavy atom. The molecule has 2 heterocycles. The Morgan fingerprint density at radius 1 is 1.29 bits per heavy atom. The second-order valence-electron chi connectivity index (χ2n) is 3.25. The van der Waals surface area contributed by atoms with Crippen LogP contribution >= 0.6 is 0 Å². The van der Waals surface area contributed by atoms with Crippen molar-refractivity contribution in [2.24, 2.45) is 0 Å². The smallest absolute Gasteiger partial charge is 0.229 e. The molecule has 2 aromatic heterocycles. The number of rotatable bonds is 4. The molecule has 0 unspecified atom stereocenters. The fraction of sp³-hybridized carbons (Fsp3) is 0.182. The molecular weight excluding hydrogens is 218 g/mol. The lowest BCUT2D eigenvalue weighted by atomic mass is 10.4. The molecular formula is C11H13N5O. The van der Waals surface area contributed by atoms with E-state index in [1.807, 2.05) is 13.0 Å². The number of hydrogen-bond acceptors (Lipinski definition) is 6. The second-order valence-corrected chi connectivity index (χ2v) is 3.25. The van der Waals surface area contributed by atoms with Gasteiger partial charge in [0.25, 0.3) is 0 Å². The molecule has 0 atom stereocenters. The van der Waals surface area contributed by atoms with E-state index in [-0.39, 0.29) is 0 Å². The summed E-state index contributed by atoms with van der Waals surface area (Å²) in [4.78, 5) is 12.2. The summed E-state index contributed by atoms with van der Waals surface area (Å²) in [5.41, 5.74) is 6.33. The summed E-state index contributed by atoms with van der Waals surface area (Å²) in [6, 6.07) is 5.24. The molecule has 17 heavy (non-hydrogen) atoms. The van der Waals surface area contributed by atoms with Gasteiger partial charge in [0.1, 0.15) is 5.82 Å². The second kappa shape index (κ2) is 5.11. The highest BCUT2D eigenvalue weighted by Gasteiger charge is 1.99. The largest absolute Gasteiger partial charge is 0.478 e.